The molecule has 0 atom stereocenters. The van der Waals surface area contributed by atoms with E-state index in [0.29, 0.717) is 11.4 Å². The zero-order valence-corrected chi connectivity index (χ0v) is 9.55. The number of alkyl halides is 2. The summed E-state index contributed by atoms with van der Waals surface area (Å²) in [5.74, 6) is 0.339. The zero-order chi connectivity index (χ0) is 12.7. The lowest BCUT2D eigenvalue weighted by Gasteiger charge is -2.08. The first kappa shape index (κ1) is 13.6. The monoisotopic (exact) mass is 261 g/mol. The number of hydrogen-bond acceptors (Lipinski definition) is 4. The van der Waals surface area contributed by atoms with Crippen molar-refractivity contribution in [3.05, 3.63) is 22.8 Å². The highest BCUT2D eigenvalue weighted by atomic mass is 35.5. The van der Waals surface area contributed by atoms with Crippen LogP contribution in [-0.2, 0) is 4.74 Å². The Labute approximate surface area is 102 Å². The Kier molecular flexibility index (Phi) is 5.60. The van der Waals surface area contributed by atoms with E-state index in [4.69, 9.17) is 16.9 Å². The van der Waals surface area contributed by atoms with E-state index in [1.807, 2.05) is 6.07 Å². The van der Waals surface area contributed by atoms with E-state index in [9.17, 15) is 8.78 Å². The number of nitrogens with one attached hydrogen (secondary N) is 1. The molecule has 0 saturated carbocycles. The van der Waals surface area contributed by atoms with Gasteiger partial charge in [-0.15, -0.1) is 0 Å². The fraction of sp³-hybridized carbons (Fsp3) is 0.400. The number of halogens is 3. The van der Waals surface area contributed by atoms with Crippen molar-refractivity contribution in [3.8, 4) is 6.07 Å². The summed E-state index contributed by atoms with van der Waals surface area (Å²) in [6.45, 7) is -0.200. The maximum Gasteiger partial charge on any atom is 0.261 e. The Bertz CT molecular complexity index is 409. The van der Waals surface area contributed by atoms with Crippen LogP contribution in [0.2, 0.25) is 5.02 Å². The highest BCUT2D eigenvalue weighted by Gasteiger charge is 2.06. The first-order valence-electron chi connectivity index (χ1n) is 4.79. The molecule has 17 heavy (non-hydrogen) atoms. The Balaban J connectivity index is 2.40. The number of rotatable bonds is 6. The molecule has 1 aromatic heterocycles. The summed E-state index contributed by atoms with van der Waals surface area (Å²) in [5, 5.41) is 11.7. The van der Waals surface area contributed by atoms with Gasteiger partial charge in [0.25, 0.3) is 6.43 Å². The van der Waals surface area contributed by atoms with Crippen molar-refractivity contribution in [1.29, 1.82) is 5.26 Å². The number of hydrogen-bond donors (Lipinski definition) is 1. The first-order valence-corrected chi connectivity index (χ1v) is 5.17. The van der Waals surface area contributed by atoms with Crippen molar-refractivity contribution in [3.63, 3.8) is 0 Å². The molecule has 1 rings (SSSR count). The van der Waals surface area contributed by atoms with Gasteiger partial charge in [-0.3, -0.25) is 0 Å². The largest absolute Gasteiger partial charge is 0.374 e. The van der Waals surface area contributed by atoms with Crippen LogP contribution in [0.5, 0.6) is 0 Å². The number of aromatic nitrogens is 1. The molecule has 1 aromatic rings. The van der Waals surface area contributed by atoms with Crippen LogP contribution in [0.15, 0.2) is 12.3 Å². The molecule has 7 heteroatoms. The molecule has 0 radical (unpaired) electrons. The van der Waals surface area contributed by atoms with Gasteiger partial charge in [-0.2, -0.15) is 5.26 Å². The van der Waals surface area contributed by atoms with Crippen LogP contribution >= 0.6 is 11.6 Å². The molecule has 1 N–H and O–H groups in total. The van der Waals surface area contributed by atoms with E-state index in [2.05, 4.69) is 15.0 Å². The van der Waals surface area contributed by atoms with Gasteiger partial charge in [-0.1, -0.05) is 11.6 Å². The fourth-order valence-corrected chi connectivity index (χ4v) is 1.29. The van der Waals surface area contributed by atoms with E-state index >= 15 is 0 Å². The molecule has 0 aliphatic rings. The van der Waals surface area contributed by atoms with Crippen LogP contribution in [0.25, 0.3) is 0 Å². The predicted molar refractivity (Wildman–Crippen MR) is 59.3 cm³/mol. The van der Waals surface area contributed by atoms with Crippen molar-refractivity contribution >= 4 is 17.4 Å². The fourth-order valence-electron chi connectivity index (χ4n) is 1.07. The molecule has 0 bridgehead atoms. The summed E-state index contributed by atoms with van der Waals surface area (Å²) < 4.78 is 28.1. The molecule has 0 fully saturated rings. The second-order valence-electron chi connectivity index (χ2n) is 3.03. The van der Waals surface area contributed by atoms with Gasteiger partial charge >= 0.3 is 0 Å². The summed E-state index contributed by atoms with van der Waals surface area (Å²) in [6.07, 6.45) is -1.04. The summed E-state index contributed by atoms with van der Waals surface area (Å²) in [7, 11) is 0. The molecule has 4 nitrogen and oxygen atoms in total. The number of nitrogens with zero attached hydrogens (tertiary/aromatic N) is 2. The van der Waals surface area contributed by atoms with Gasteiger partial charge < -0.3 is 10.1 Å². The topological polar surface area (TPSA) is 57.9 Å². The van der Waals surface area contributed by atoms with E-state index < -0.39 is 13.0 Å². The highest BCUT2D eigenvalue weighted by Crippen LogP contribution is 2.22. The molecule has 0 spiro atoms. The van der Waals surface area contributed by atoms with Gasteiger partial charge in [0.1, 0.15) is 23.5 Å². The SMILES string of the molecule is N#Cc1ccnc(NCCOCC(F)F)c1Cl. The molecule has 0 aliphatic carbocycles. The van der Waals surface area contributed by atoms with Crippen molar-refractivity contribution in [2.75, 3.05) is 25.1 Å². The number of ether oxygens (including phenoxy) is 1. The van der Waals surface area contributed by atoms with Gasteiger partial charge in [0.15, 0.2) is 0 Å². The summed E-state index contributed by atoms with van der Waals surface area (Å²) in [6, 6.07) is 3.40. The maximum absolute atomic E-state index is 11.7. The van der Waals surface area contributed by atoms with Gasteiger partial charge in [-0.25, -0.2) is 13.8 Å². The summed E-state index contributed by atoms with van der Waals surface area (Å²) in [5.41, 5.74) is 0.303. The molecule has 0 amide bonds. The summed E-state index contributed by atoms with van der Waals surface area (Å²) in [4.78, 5) is 3.92. The highest BCUT2D eigenvalue weighted by molar-refractivity contribution is 6.34. The van der Waals surface area contributed by atoms with Crippen molar-refractivity contribution in [1.82, 2.24) is 4.98 Å². The van der Waals surface area contributed by atoms with Crippen molar-refractivity contribution in [2.24, 2.45) is 0 Å². The van der Waals surface area contributed by atoms with Gasteiger partial charge in [0.2, 0.25) is 0 Å². The Hall–Kier alpha value is -1.45. The number of pyridine rings is 1. The third-order valence-corrected chi connectivity index (χ3v) is 2.17. The molecule has 0 aromatic carbocycles. The second-order valence-corrected chi connectivity index (χ2v) is 3.40. The second kappa shape index (κ2) is 6.99. The van der Waals surface area contributed by atoms with Crippen molar-refractivity contribution < 1.29 is 13.5 Å². The average molecular weight is 262 g/mol. The molecular weight excluding hydrogens is 252 g/mol. The Morgan fingerprint density at radius 2 is 2.35 bits per heavy atom. The van der Waals surface area contributed by atoms with Gasteiger partial charge in [0, 0.05) is 12.7 Å². The standard InChI is InChI=1S/C10H10ClF2N3O/c11-9-7(5-14)1-2-15-10(9)16-3-4-17-6-8(12)13/h1-2,8H,3-4,6H2,(H,15,16). The molecule has 0 aliphatic heterocycles. The maximum atomic E-state index is 11.7. The number of anilines is 1. The Morgan fingerprint density at radius 1 is 1.59 bits per heavy atom. The minimum Gasteiger partial charge on any atom is -0.374 e. The van der Waals surface area contributed by atoms with Crippen LogP contribution < -0.4 is 5.32 Å². The Morgan fingerprint density at radius 3 is 3.00 bits per heavy atom. The summed E-state index contributed by atoms with van der Waals surface area (Å²) >= 11 is 5.86. The van der Waals surface area contributed by atoms with Crippen LogP contribution in [0.4, 0.5) is 14.6 Å². The first-order chi connectivity index (χ1) is 8.15. The minimum atomic E-state index is -2.47. The third kappa shape index (κ3) is 4.51. The molecule has 1 heterocycles. The van der Waals surface area contributed by atoms with Crippen LogP contribution in [0, 0.1) is 11.3 Å². The van der Waals surface area contributed by atoms with Gasteiger partial charge in [-0.05, 0) is 6.07 Å². The van der Waals surface area contributed by atoms with E-state index in [0.717, 1.165) is 0 Å². The zero-order valence-electron chi connectivity index (χ0n) is 8.79. The number of nitriles is 1. The van der Waals surface area contributed by atoms with E-state index in [1.54, 1.807) is 0 Å². The molecule has 0 unspecified atom stereocenters. The molecule has 92 valence electrons. The van der Waals surface area contributed by atoms with Gasteiger partial charge in [0.05, 0.1) is 12.2 Å². The normalized spacial score (nSPS) is 10.3. The molecule has 0 saturated heterocycles. The minimum absolute atomic E-state index is 0.110. The quantitative estimate of drug-likeness (QED) is 0.799. The average Bonchev–Trinajstić information content (AvgIpc) is 2.30. The van der Waals surface area contributed by atoms with Crippen LogP contribution in [0.1, 0.15) is 5.56 Å². The lowest BCUT2D eigenvalue weighted by Crippen LogP contribution is -2.14. The van der Waals surface area contributed by atoms with E-state index in [-0.39, 0.29) is 18.2 Å². The van der Waals surface area contributed by atoms with E-state index in [1.165, 1.54) is 12.3 Å². The lowest BCUT2D eigenvalue weighted by molar-refractivity contribution is 0.0215. The predicted octanol–water partition coefficient (Wildman–Crippen LogP) is 2.30. The van der Waals surface area contributed by atoms with Crippen LogP contribution in [0.3, 0.4) is 0 Å². The van der Waals surface area contributed by atoms with Crippen molar-refractivity contribution in [2.45, 2.75) is 6.43 Å². The smallest absolute Gasteiger partial charge is 0.261 e. The van der Waals surface area contributed by atoms with Crippen LogP contribution in [-0.4, -0.2) is 31.2 Å². The lowest BCUT2D eigenvalue weighted by atomic mass is 10.3. The molecular formula is C10H10ClF2N3O. The third-order valence-electron chi connectivity index (χ3n) is 1.79.